The monoisotopic (exact) mass is 1460 g/mol. The van der Waals surface area contributed by atoms with E-state index in [0.29, 0.717) is 57.2 Å². The Kier molecular flexibility index (Phi) is 38.0. The van der Waals surface area contributed by atoms with Crippen LogP contribution in [0.3, 0.4) is 0 Å². The van der Waals surface area contributed by atoms with Gasteiger partial charge in [-0.25, -0.2) is 9.97 Å². The van der Waals surface area contributed by atoms with Crippen LogP contribution in [0, 0.1) is 0 Å². The summed E-state index contributed by atoms with van der Waals surface area (Å²) in [5, 5.41) is 12.6. The van der Waals surface area contributed by atoms with Gasteiger partial charge in [-0.3, -0.25) is 14.9 Å². The number of aromatic nitrogens is 2. The quantitative estimate of drug-likeness (QED) is 0.0576. The first-order chi connectivity index (χ1) is 34.7. The molecule has 0 radical (unpaired) electrons. The molecule has 0 aliphatic carbocycles. The molecule has 24 N–H and O–H groups in total. The summed E-state index contributed by atoms with van der Waals surface area (Å²) in [5.41, 5.74) is 21.3. The van der Waals surface area contributed by atoms with Gasteiger partial charge in [-0.1, -0.05) is 117 Å². The Labute approximate surface area is 529 Å². The van der Waals surface area contributed by atoms with Crippen LogP contribution in [-0.2, 0) is 12.4 Å². The van der Waals surface area contributed by atoms with Crippen molar-refractivity contribution in [3.63, 3.8) is 0 Å². The minimum atomic E-state index is -0.351. The molecule has 0 aliphatic heterocycles. The van der Waals surface area contributed by atoms with Crippen molar-refractivity contribution >= 4 is 242 Å². The predicted molar refractivity (Wildman–Crippen MR) is 357 cm³/mol. The molecule has 0 saturated heterocycles. The van der Waals surface area contributed by atoms with E-state index in [2.05, 4.69) is 103 Å². The van der Waals surface area contributed by atoms with Crippen molar-refractivity contribution in [2.75, 3.05) is 22.1 Å². The number of thiocarbonyl (C=S) groups is 2. The summed E-state index contributed by atoms with van der Waals surface area (Å²) >= 11 is 61.4. The lowest BCUT2D eigenvalue weighted by atomic mass is 10.2. The van der Waals surface area contributed by atoms with E-state index in [1.807, 2.05) is 54.6 Å². The summed E-state index contributed by atoms with van der Waals surface area (Å²) in [6.07, 6.45) is 0. The van der Waals surface area contributed by atoms with E-state index in [-0.39, 0.29) is 52.8 Å². The number of carbonyl (C=O) groups excluding carboxylic acids is 2. The largest absolute Gasteiger partial charge is 0.398 e. The van der Waals surface area contributed by atoms with Crippen LogP contribution in [0.25, 0.3) is 20.4 Å². The van der Waals surface area contributed by atoms with Crippen molar-refractivity contribution in [1.29, 1.82) is 0 Å². The Bertz CT molecular complexity index is 3280. The molecule has 9 rings (SSSR count). The number of fused-ring (bicyclic) bond motifs is 2. The first-order valence-electron chi connectivity index (χ1n) is 20.0. The number of rotatable bonds is 4. The average Bonchev–Trinajstić information content (AvgIpc) is 3.93. The Balaban J connectivity index is 0. The molecule has 2 amide bonds. The van der Waals surface area contributed by atoms with Crippen molar-refractivity contribution in [3.05, 3.63) is 206 Å². The number of hydrogen-bond acceptors (Lipinski definition) is 16. The first-order valence-corrected chi connectivity index (χ1v) is 27.5. The van der Waals surface area contributed by atoms with Gasteiger partial charge in [0.25, 0.3) is 11.8 Å². The molecule has 0 bridgehead atoms. The van der Waals surface area contributed by atoms with Crippen molar-refractivity contribution in [2.24, 2.45) is 10.1 Å². The van der Waals surface area contributed by atoms with Gasteiger partial charge in [0.15, 0.2) is 19.8 Å². The van der Waals surface area contributed by atoms with Crippen molar-refractivity contribution < 1.29 is 9.59 Å². The third-order valence-corrected chi connectivity index (χ3v) is 14.1. The van der Waals surface area contributed by atoms with Gasteiger partial charge >= 0.3 is 0 Å². The fraction of sp³-hybridized carbons (Fsp3) is 0. The standard InChI is InChI=1S/C14H10BrClN2OS.C7H6BrClN2S.C7H3Cl2NS.C7H5ClN2S.C7H5NOS.C6H5BrClN.5H3N/c15-11-7-6-10(16)8-12(11)17-14(20)18-13(19)9-4-2-1-3-5-9;8-5-2-1-4(9)3-6(5)11-7(10)12;2*8-4-1-2-6-5(3-4)10-7(9)11-6;9-7(8-10)6-4-2-1-3-5-6;7-5-2-1-4(8)3-6(5)9;;;;;/h1-8H,(H2,17,18,19,20);1-3H,(H3,10,11,12);1-3H;1-3H,(H2,9,10);1-5H;1-3H,9H2;5*1H3. The normalized spacial score (nSPS) is 9.24. The number of hydrogen-bond donors (Lipinski definition) is 11. The van der Waals surface area contributed by atoms with E-state index in [1.54, 1.807) is 97.1 Å². The van der Waals surface area contributed by atoms with Gasteiger partial charge < -0.3 is 58.6 Å². The van der Waals surface area contributed by atoms with Gasteiger partial charge in [-0.15, -0.1) is 15.7 Å². The van der Waals surface area contributed by atoms with Gasteiger partial charge in [0.1, 0.15) is 0 Å². The maximum atomic E-state index is 11.9. The zero-order valence-corrected chi connectivity index (χ0v) is 53.7. The molecule has 78 heavy (non-hydrogen) atoms. The summed E-state index contributed by atoms with van der Waals surface area (Å²) in [6, 6.07) is 44.6. The first kappa shape index (κ1) is 75.7. The molecule has 0 fully saturated rings. The van der Waals surface area contributed by atoms with Crippen LogP contribution in [-0.4, -0.2) is 32.0 Å². The van der Waals surface area contributed by atoms with Crippen molar-refractivity contribution in [2.45, 2.75) is 0 Å². The van der Waals surface area contributed by atoms with Crippen molar-refractivity contribution in [1.82, 2.24) is 46.0 Å². The minimum Gasteiger partial charge on any atom is -0.398 e. The van der Waals surface area contributed by atoms with Crippen LogP contribution in [0.4, 0.5) is 22.2 Å². The third kappa shape index (κ3) is 27.2. The summed E-state index contributed by atoms with van der Waals surface area (Å²) in [6.45, 7) is 0. The predicted octanol–water partition coefficient (Wildman–Crippen LogP) is 18.2. The molecule has 0 aliphatic rings. The second kappa shape index (κ2) is 39.1. The number of amides is 2. The average molecular weight is 1470 g/mol. The SMILES string of the molecule is Clc1ccc2sc(Cl)nc2c1.N.N.N.N.N.NC(=S)Nc1cc(Cl)ccc1Br.Nc1cc(Cl)ccc1Br.Nc1nc2cc(Cl)ccc2s1.O=C(N=S)c1ccccc1.O=C(NC(=S)Nc1cc(Cl)ccc1Br)c1ccccc1. The molecular formula is C48H49Br3Cl6N14O2S5. The summed E-state index contributed by atoms with van der Waals surface area (Å²) in [7, 11) is 0. The second-order valence-electron chi connectivity index (χ2n) is 13.7. The molecule has 0 unspecified atom stereocenters. The maximum absolute atomic E-state index is 11.9. The van der Waals surface area contributed by atoms with Crippen LogP contribution < -0.4 is 63.9 Å². The van der Waals surface area contributed by atoms with E-state index < -0.39 is 0 Å². The Morgan fingerprint density at radius 1 is 0.526 bits per heavy atom. The summed E-state index contributed by atoms with van der Waals surface area (Å²) < 4.78 is 8.37. The lowest BCUT2D eigenvalue weighted by Gasteiger charge is -2.11. The summed E-state index contributed by atoms with van der Waals surface area (Å²) in [5.74, 6) is -0.614. The highest BCUT2D eigenvalue weighted by molar-refractivity contribution is 9.11. The number of nitrogens with one attached hydrogen (secondary N) is 3. The van der Waals surface area contributed by atoms with E-state index in [1.165, 1.54) is 22.7 Å². The number of nitrogens with two attached hydrogens (primary N) is 3. The topological polar surface area (TPSA) is 361 Å². The molecule has 7 aromatic carbocycles. The van der Waals surface area contributed by atoms with E-state index in [4.69, 9.17) is 99.0 Å². The zero-order valence-electron chi connectivity index (χ0n) is 40.3. The number of carbonyl (C=O) groups is 2. The molecule has 2 heterocycles. The Morgan fingerprint density at radius 2 is 0.936 bits per heavy atom. The second-order valence-corrected chi connectivity index (χ2v) is 22.1. The maximum Gasteiger partial charge on any atom is 0.288 e. The molecule has 16 nitrogen and oxygen atoms in total. The number of benzene rings is 7. The molecule has 2 aromatic heterocycles. The highest BCUT2D eigenvalue weighted by atomic mass is 79.9. The van der Waals surface area contributed by atoms with Crippen LogP contribution in [0.15, 0.2) is 169 Å². The van der Waals surface area contributed by atoms with Crippen LogP contribution in [0.1, 0.15) is 20.7 Å². The molecule has 0 saturated carbocycles. The molecule has 416 valence electrons. The van der Waals surface area contributed by atoms with Gasteiger partial charge in [-0.05, 0) is 187 Å². The van der Waals surface area contributed by atoms with Crippen LogP contribution in [0.5, 0.6) is 0 Å². The zero-order chi connectivity index (χ0) is 53.6. The minimum absolute atomic E-state index is 0. The number of nitrogens with zero attached hydrogens (tertiary/aromatic N) is 3. The fourth-order valence-corrected chi connectivity index (χ4v) is 9.12. The highest BCUT2D eigenvalue weighted by Crippen LogP contribution is 2.29. The van der Waals surface area contributed by atoms with Crippen LogP contribution >= 0.6 is 165 Å². The number of nitrogen functional groups attached to an aromatic ring is 2. The number of anilines is 4. The van der Waals surface area contributed by atoms with E-state index >= 15 is 0 Å². The van der Waals surface area contributed by atoms with Crippen molar-refractivity contribution in [3.8, 4) is 0 Å². The van der Waals surface area contributed by atoms with Gasteiger partial charge in [0.2, 0.25) is 0 Å². The molecule has 30 heteroatoms. The molecular weight excluding hydrogens is 1420 g/mol. The van der Waals surface area contributed by atoms with Gasteiger partial charge in [0.05, 0.1) is 31.8 Å². The Morgan fingerprint density at radius 3 is 1.40 bits per heavy atom. The van der Waals surface area contributed by atoms with Crippen LogP contribution in [0.2, 0.25) is 29.6 Å². The molecule has 0 spiro atoms. The third-order valence-electron chi connectivity index (χ3n) is 8.38. The van der Waals surface area contributed by atoms with Gasteiger partial charge in [-0.2, -0.15) is 0 Å². The number of halogens is 9. The van der Waals surface area contributed by atoms with E-state index in [9.17, 15) is 9.59 Å². The highest BCUT2D eigenvalue weighted by Gasteiger charge is 2.09. The molecule has 0 atom stereocenters. The smallest absolute Gasteiger partial charge is 0.288 e. The van der Waals surface area contributed by atoms with E-state index in [0.717, 1.165) is 39.5 Å². The summed E-state index contributed by atoms with van der Waals surface area (Å²) in [4.78, 5) is 30.8. The fourth-order valence-electron chi connectivity index (χ4n) is 5.18. The lowest BCUT2D eigenvalue weighted by molar-refractivity contribution is 0.0975. The Hall–Kier alpha value is -4.36. The number of thiazole rings is 2. The van der Waals surface area contributed by atoms with Gasteiger partial charge in [0, 0.05) is 67.8 Å². The lowest BCUT2D eigenvalue weighted by Crippen LogP contribution is -2.34. The molecule has 9 aromatic rings.